The number of nitrogens with one attached hydrogen (secondary N) is 2. The molecule has 0 aromatic heterocycles. The van der Waals surface area contributed by atoms with E-state index in [1.54, 1.807) is 26.2 Å². The number of amides is 4. The van der Waals surface area contributed by atoms with Gasteiger partial charge in [0.05, 0.1) is 49.2 Å². The fourth-order valence-electron chi connectivity index (χ4n) is 7.24. The summed E-state index contributed by atoms with van der Waals surface area (Å²) in [6.45, 7) is 12.3. The van der Waals surface area contributed by atoms with Crippen molar-refractivity contribution in [2.24, 2.45) is 17.8 Å². The highest BCUT2D eigenvalue weighted by atomic mass is 16.5. The number of carbonyl (C=O) groups excluding carboxylic acids is 4. The molecule has 1 aliphatic heterocycles. The highest BCUT2D eigenvalue weighted by Crippen LogP contribution is 2.29. The van der Waals surface area contributed by atoms with Crippen molar-refractivity contribution in [3.8, 4) is 0 Å². The summed E-state index contributed by atoms with van der Waals surface area (Å²) < 4.78 is 11.9. The van der Waals surface area contributed by atoms with Gasteiger partial charge in [-0.2, -0.15) is 0 Å². The molecule has 0 bridgehead atoms. The van der Waals surface area contributed by atoms with E-state index in [-0.39, 0.29) is 66.6 Å². The molecule has 0 saturated carbocycles. The van der Waals surface area contributed by atoms with E-state index in [2.05, 4.69) is 10.6 Å². The highest BCUT2D eigenvalue weighted by Gasteiger charge is 2.42. The van der Waals surface area contributed by atoms with Crippen molar-refractivity contribution >= 4 is 23.6 Å². The molecule has 1 heterocycles. The van der Waals surface area contributed by atoms with Gasteiger partial charge in [0, 0.05) is 33.9 Å². The first kappa shape index (κ1) is 41.2. The maximum Gasteiger partial charge on any atom is 0.242 e. The van der Waals surface area contributed by atoms with Gasteiger partial charge in [0.2, 0.25) is 23.6 Å². The van der Waals surface area contributed by atoms with Crippen LogP contribution in [-0.2, 0) is 35.1 Å². The Morgan fingerprint density at radius 2 is 1.60 bits per heavy atom. The molecule has 0 aliphatic carbocycles. The SMILES string of the molecule is CC[C@H](C)[C@@H]([C@@H](CC(=O)N1CCC[C@H]1[C@H](OC)[C@@H](C)C(=O)N[C@H](C)Cc1ccccc1)OC)N(C)C(=O)CNC(=O)C(C(C)C)N(C)C. The van der Waals surface area contributed by atoms with Gasteiger partial charge in [-0.15, -0.1) is 0 Å². The molecule has 0 radical (unpaired) electrons. The molecule has 11 nitrogen and oxygen atoms in total. The number of benzene rings is 1. The Balaban J connectivity index is 2.13. The summed E-state index contributed by atoms with van der Waals surface area (Å²) in [5.41, 5.74) is 1.15. The zero-order valence-corrected chi connectivity index (χ0v) is 31.3. The maximum absolute atomic E-state index is 14.0. The molecule has 4 amide bonds. The predicted octanol–water partition coefficient (Wildman–Crippen LogP) is 3.36. The number of likely N-dealkylation sites (tertiary alicyclic amines) is 1. The third-order valence-electron chi connectivity index (χ3n) is 9.95. The second-order valence-corrected chi connectivity index (χ2v) is 14.1. The van der Waals surface area contributed by atoms with Gasteiger partial charge in [0.25, 0.3) is 0 Å². The lowest BCUT2D eigenvalue weighted by Crippen LogP contribution is -2.55. The van der Waals surface area contributed by atoms with Crippen LogP contribution in [0.4, 0.5) is 0 Å². The Labute approximate surface area is 289 Å². The third-order valence-corrected chi connectivity index (χ3v) is 9.95. The van der Waals surface area contributed by atoms with Gasteiger partial charge in [-0.1, -0.05) is 71.4 Å². The molecule has 1 aromatic carbocycles. The van der Waals surface area contributed by atoms with Crippen molar-refractivity contribution in [2.45, 2.75) is 110 Å². The molecule has 2 N–H and O–H groups in total. The first-order chi connectivity index (χ1) is 22.7. The monoisotopic (exact) mass is 673 g/mol. The van der Waals surface area contributed by atoms with Crippen LogP contribution in [0.3, 0.4) is 0 Å². The standard InChI is InChI=1S/C37H63N5O6/c1-12-25(4)34(41(9)32(44)23-38-37(46)33(24(2)3)40(7)8)30(47-10)22-31(43)42-20-16-19-29(42)35(48-11)27(6)36(45)39-26(5)21-28-17-14-13-15-18-28/h13-15,17-18,24-27,29-30,33-35H,12,16,19-23H2,1-11H3,(H,38,46)(H,39,45)/t25-,26+,27+,29-,30+,33?,34-,35+/m0/s1. The van der Waals surface area contributed by atoms with E-state index in [9.17, 15) is 19.2 Å². The Kier molecular flexibility index (Phi) is 17.0. The fourth-order valence-corrected chi connectivity index (χ4v) is 7.24. The minimum atomic E-state index is -0.566. The maximum atomic E-state index is 14.0. The molecular formula is C37H63N5O6. The number of nitrogens with zero attached hydrogens (tertiary/aromatic N) is 3. The average Bonchev–Trinajstić information content (AvgIpc) is 3.53. The molecule has 11 heteroatoms. The van der Waals surface area contributed by atoms with Crippen LogP contribution in [0.1, 0.15) is 72.8 Å². The number of hydrogen-bond acceptors (Lipinski definition) is 7. The molecular weight excluding hydrogens is 610 g/mol. The van der Waals surface area contributed by atoms with Crippen molar-refractivity contribution in [3.63, 3.8) is 0 Å². The van der Waals surface area contributed by atoms with Crippen molar-refractivity contribution < 1.29 is 28.7 Å². The molecule has 8 atom stereocenters. The summed E-state index contributed by atoms with van der Waals surface area (Å²) in [6.07, 6.45) is 2.07. The van der Waals surface area contributed by atoms with Crippen LogP contribution in [0.25, 0.3) is 0 Å². The number of hydrogen-bond donors (Lipinski definition) is 2. The van der Waals surface area contributed by atoms with E-state index in [1.807, 2.05) is 95.8 Å². The second-order valence-electron chi connectivity index (χ2n) is 14.1. The lowest BCUT2D eigenvalue weighted by Gasteiger charge is -2.39. The number of rotatable bonds is 19. The second kappa shape index (κ2) is 19.8. The van der Waals surface area contributed by atoms with E-state index in [4.69, 9.17) is 9.47 Å². The third kappa shape index (κ3) is 11.3. The molecule has 48 heavy (non-hydrogen) atoms. The van der Waals surface area contributed by atoms with Crippen molar-refractivity contribution in [1.29, 1.82) is 0 Å². The Bertz CT molecular complexity index is 1160. The summed E-state index contributed by atoms with van der Waals surface area (Å²) in [7, 11) is 8.58. The van der Waals surface area contributed by atoms with Crippen LogP contribution in [0.2, 0.25) is 0 Å². The van der Waals surface area contributed by atoms with Gasteiger partial charge in [-0.25, -0.2) is 0 Å². The molecule has 1 fully saturated rings. The number of likely N-dealkylation sites (N-methyl/N-ethyl adjacent to an activating group) is 2. The topological polar surface area (TPSA) is 121 Å². The first-order valence-electron chi connectivity index (χ1n) is 17.6. The van der Waals surface area contributed by atoms with Gasteiger partial charge in [0.15, 0.2) is 0 Å². The van der Waals surface area contributed by atoms with E-state index in [0.717, 1.165) is 31.2 Å². The Hall–Kier alpha value is -3.02. The minimum absolute atomic E-state index is 0.0280. The smallest absolute Gasteiger partial charge is 0.242 e. The largest absolute Gasteiger partial charge is 0.379 e. The lowest BCUT2D eigenvalue weighted by molar-refractivity contribution is -0.146. The molecule has 1 saturated heterocycles. The van der Waals surface area contributed by atoms with E-state index >= 15 is 0 Å². The van der Waals surface area contributed by atoms with E-state index in [0.29, 0.717) is 6.54 Å². The molecule has 272 valence electrons. The number of carbonyl (C=O) groups is 4. The van der Waals surface area contributed by atoms with Crippen LogP contribution in [0.5, 0.6) is 0 Å². The van der Waals surface area contributed by atoms with E-state index < -0.39 is 24.2 Å². The predicted molar refractivity (Wildman–Crippen MR) is 189 cm³/mol. The Morgan fingerprint density at radius 3 is 2.15 bits per heavy atom. The van der Waals surface area contributed by atoms with Gasteiger partial charge < -0.3 is 29.9 Å². The quantitative estimate of drug-likeness (QED) is 0.231. The summed E-state index contributed by atoms with van der Waals surface area (Å²) >= 11 is 0. The highest BCUT2D eigenvalue weighted by molar-refractivity contribution is 5.87. The lowest BCUT2D eigenvalue weighted by atomic mass is 9.90. The van der Waals surface area contributed by atoms with Gasteiger partial charge in [-0.3, -0.25) is 24.1 Å². The van der Waals surface area contributed by atoms with Crippen molar-refractivity contribution in [2.75, 3.05) is 48.5 Å². The average molecular weight is 674 g/mol. The summed E-state index contributed by atoms with van der Waals surface area (Å²) in [5.74, 6) is -1.00. The van der Waals surface area contributed by atoms with Crippen LogP contribution >= 0.6 is 0 Å². The van der Waals surface area contributed by atoms with Gasteiger partial charge in [-0.05, 0) is 57.7 Å². The first-order valence-corrected chi connectivity index (χ1v) is 17.6. The number of methoxy groups -OCH3 is 2. The fraction of sp³-hybridized carbons (Fsp3) is 0.730. The summed E-state index contributed by atoms with van der Waals surface area (Å²) in [4.78, 5) is 58.9. The minimum Gasteiger partial charge on any atom is -0.379 e. The molecule has 1 aliphatic rings. The molecule has 0 spiro atoms. The summed E-state index contributed by atoms with van der Waals surface area (Å²) in [5, 5.41) is 5.95. The Morgan fingerprint density at radius 1 is 0.958 bits per heavy atom. The molecule has 1 aromatic rings. The van der Waals surface area contributed by atoms with Crippen LogP contribution in [0.15, 0.2) is 30.3 Å². The van der Waals surface area contributed by atoms with Crippen LogP contribution in [-0.4, -0.2) is 123 Å². The zero-order valence-electron chi connectivity index (χ0n) is 31.3. The molecule has 2 rings (SSSR count). The zero-order chi connectivity index (χ0) is 36.1. The van der Waals surface area contributed by atoms with Gasteiger partial charge >= 0.3 is 0 Å². The van der Waals surface area contributed by atoms with Gasteiger partial charge in [0.1, 0.15) is 0 Å². The van der Waals surface area contributed by atoms with E-state index in [1.165, 1.54) is 0 Å². The van der Waals surface area contributed by atoms with Crippen LogP contribution in [0, 0.1) is 17.8 Å². The van der Waals surface area contributed by atoms with Crippen molar-refractivity contribution in [1.82, 2.24) is 25.3 Å². The molecule has 1 unspecified atom stereocenters. The summed E-state index contributed by atoms with van der Waals surface area (Å²) in [6, 6.07) is 8.99. The normalized spacial score (nSPS) is 19.3. The van der Waals surface area contributed by atoms with Crippen LogP contribution < -0.4 is 10.6 Å². The number of ether oxygens (including phenoxy) is 2. The van der Waals surface area contributed by atoms with Crippen molar-refractivity contribution in [3.05, 3.63) is 35.9 Å².